The molecule has 3 N–H and O–H groups in total. The van der Waals surface area contributed by atoms with Crippen molar-refractivity contribution in [3.8, 4) is 11.5 Å². The zero-order chi connectivity index (χ0) is 23.9. The van der Waals surface area contributed by atoms with Gasteiger partial charge in [0, 0.05) is 30.5 Å². The van der Waals surface area contributed by atoms with Crippen molar-refractivity contribution in [1.29, 1.82) is 0 Å². The smallest absolute Gasteiger partial charge is 0.227 e. The Kier molecular flexibility index (Phi) is 4.59. The lowest BCUT2D eigenvalue weighted by Crippen LogP contribution is -2.78. The molecule has 7 rings (SSSR count). The number of piperidine rings is 1. The zero-order valence-electron chi connectivity index (χ0n) is 20.1. The van der Waals surface area contributed by atoms with E-state index < -0.39 is 17.1 Å². The molecule has 35 heavy (non-hydrogen) atoms. The van der Waals surface area contributed by atoms with Crippen molar-refractivity contribution in [1.82, 2.24) is 15.2 Å². The van der Waals surface area contributed by atoms with Gasteiger partial charge >= 0.3 is 0 Å². The number of carbonyl (C=O) groups excluding carboxylic acids is 1. The number of hydrogen-bond donors (Lipinski definition) is 3. The van der Waals surface area contributed by atoms with Gasteiger partial charge in [-0.15, -0.1) is 0 Å². The average Bonchev–Trinajstić information content (AvgIpc) is 3.61. The number of pyridine rings is 1. The highest BCUT2D eigenvalue weighted by Crippen LogP contribution is 2.65. The number of nitrogens with one attached hydrogen (secondary N) is 1. The Morgan fingerprint density at radius 3 is 2.80 bits per heavy atom. The molecule has 2 aliphatic heterocycles. The molecule has 1 saturated heterocycles. The van der Waals surface area contributed by atoms with Gasteiger partial charge in [-0.05, 0) is 87.2 Å². The molecule has 1 aromatic carbocycles. The van der Waals surface area contributed by atoms with Crippen LogP contribution < -0.4 is 10.1 Å². The van der Waals surface area contributed by atoms with Crippen molar-refractivity contribution >= 4 is 5.91 Å². The molecule has 1 aromatic heterocycles. The zero-order valence-corrected chi connectivity index (χ0v) is 20.1. The number of aromatic nitrogens is 1. The molecule has 3 fully saturated rings. The molecule has 1 spiro atoms. The molecule has 3 aliphatic carbocycles. The third-order valence-corrected chi connectivity index (χ3v) is 9.69. The first-order valence-corrected chi connectivity index (χ1v) is 13.1. The number of nitrogens with zero attached hydrogens (tertiary/aromatic N) is 2. The van der Waals surface area contributed by atoms with E-state index in [-0.39, 0.29) is 29.7 Å². The summed E-state index contributed by atoms with van der Waals surface area (Å²) in [4.78, 5) is 19.9. The molecule has 2 bridgehead atoms. The summed E-state index contributed by atoms with van der Waals surface area (Å²) in [5, 5.41) is 26.6. The molecule has 2 aromatic rings. The number of phenols is 1. The maximum Gasteiger partial charge on any atom is 0.227 e. The predicted octanol–water partition coefficient (Wildman–Crippen LogP) is 2.64. The number of ether oxygens (including phenoxy) is 1. The Labute approximate surface area is 205 Å². The van der Waals surface area contributed by atoms with E-state index in [0.29, 0.717) is 18.6 Å². The van der Waals surface area contributed by atoms with Crippen LogP contribution in [0, 0.1) is 5.92 Å². The van der Waals surface area contributed by atoms with E-state index in [1.165, 1.54) is 18.4 Å². The molecule has 0 radical (unpaired) electrons. The van der Waals surface area contributed by atoms with Gasteiger partial charge in [-0.2, -0.15) is 0 Å². The summed E-state index contributed by atoms with van der Waals surface area (Å²) in [6, 6.07) is 7.29. The van der Waals surface area contributed by atoms with E-state index in [9.17, 15) is 15.0 Å². The fourth-order valence-corrected chi connectivity index (χ4v) is 7.74. The van der Waals surface area contributed by atoms with Gasteiger partial charge in [0.1, 0.15) is 6.10 Å². The Morgan fingerprint density at radius 1 is 1.23 bits per heavy atom. The molecule has 5 aliphatic rings. The summed E-state index contributed by atoms with van der Waals surface area (Å²) in [5.74, 6) is 1.03. The maximum atomic E-state index is 13.3. The predicted molar refractivity (Wildman–Crippen MR) is 129 cm³/mol. The Balaban J connectivity index is 1.26. The minimum atomic E-state index is -0.936. The van der Waals surface area contributed by atoms with Crippen molar-refractivity contribution in [3.05, 3.63) is 53.3 Å². The fraction of sp³-hybridized carbons (Fsp3) is 0.571. The van der Waals surface area contributed by atoms with E-state index >= 15 is 0 Å². The van der Waals surface area contributed by atoms with Gasteiger partial charge in [0.2, 0.25) is 5.91 Å². The Bertz CT molecular complexity index is 1180. The second-order valence-electron chi connectivity index (χ2n) is 11.4. The summed E-state index contributed by atoms with van der Waals surface area (Å²) < 4.78 is 6.55. The molecule has 7 heteroatoms. The quantitative estimate of drug-likeness (QED) is 0.616. The van der Waals surface area contributed by atoms with Crippen molar-refractivity contribution < 1.29 is 19.7 Å². The molecule has 184 valence electrons. The average molecular weight is 476 g/mol. The van der Waals surface area contributed by atoms with Crippen LogP contribution in [0.3, 0.4) is 0 Å². The topological polar surface area (TPSA) is 94.9 Å². The van der Waals surface area contributed by atoms with Gasteiger partial charge in [-0.1, -0.05) is 6.07 Å². The monoisotopic (exact) mass is 475 g/mol. The second-order valence-corrected chi connectivity index (χ2v) is 11.4. The van der Waals surface area contributed by atoms with Crippen LogP contribution in [0.5, 0.6) is 11.5 Å². The molecular weight excluding hydrogens is 442 g/mol. The molecule has 1 amide bonds. The molecule has 2 saturated carbocycles. The van der Waals surface area contributed by atoms with E-state index in [1.807, 2.05) is 25.1 Å². The van der Waals surface area contributed by atoms with Gasteiger partial charge in [0.25, 0.3) is 0 Å². The van der Waals surface area contributed by atoms with Crippen LogP contribution in [0.15, 0.2) is 36.7 Å². The first-order valence-electron chi connectivity index (χ1n) is 13.1. The van der Waals surface area contributed by atoms with Gasteiger partial charge < -0.3 is 20.3 Å². The fourth-order valence-electron chi connectivity index (χ4n) is 7.74. The maximum absolute atomic E-state index is 13.3. The summed E-state index contributed by atoms with van der Waals surface area (Å²) in [6.07, 6.45) is 8.40. The second kappa shape index (κ2) is 7.43. The summed E-state index contributed by atoms with van der Waals surface area (Å²) in [6.45, 7) is 3.87. The number of aliphatic hydroxyl groups is 1. The van der Waals surface area contributed by atoms with E-state index in [1.54, 1.807) is 18.5 Å². The molecule has 7 nitrogen and oxygen atoms in total. The van der Waals surface area contributed by atoms with Crippen LogP contribution in [0.1, 0.15) is 61.6 Å². The molecular formula is C28H33N3O4. The Morgan fingerprint density at radius 2 is 2.03 bits per heavy atom. The van der Waals surface area contributed by atoms with Gasteiger partial charge in [-0.25, -0.2) is 0 Å². The van der Waals surface area contributed by atoms with E-state index in [4.69, 9.17) is 4.74 Å². The number of hydrogen-bond acceptors (Lipinski definition) is 6. The van der Waals surface area contributed by atoms with Crippen molar-refractivity contribution in [2.45, 2.75) is 80.6 Å². The van der Waals surface area contributed by atoms with E-state index in [0.717, 1.165) is 43.0 Å². The molecule has 6 atom stereocenters. The summed E-state index contributed by atoms with van der Waals surface area (Å²) in [5.41, 5.74) is 1.54. The highest BCUT2D eigenvalue weighted by molar-refractivity contribution is 5.83. The van der Waals surface area contributed by atoms with Crippen LogP contribution in [0.2, 0.25) is 0 Å². The number of carbonyl (C=O) groups is 1. The first-order chi connectivity index (χ1) is 16.9. The van der Waals surface area contributed by atoms with Crippen LogP contribution in [0.25, 0.3) is 0 Å². The SMILES string of the molecule is CC(C(=O)NC1CC[C@@]2(O)[C@H]3Cc4ccc(O)c5c4[C@@]2(CCN3CC2CC2)C1O5)c1ccncc1. The van der Waals surface area contributed by atoms with Crippen LogP contribution >= 0.6 is 0 Å². The number of benzene rings is 1. The number of phenolic OH excluding ortho intramolecular Hbond substituents is 1. The number of likely N-dealkylation sites (tertiary alicyclic amines) is 1. The van der Waals surface area contributed by atoms with Gasteiger partial charge in [0.05, 0.1) is 23.0 Å². The summed E-state index contributed by atoms with van der Waals surface area (Å²) in [7, 11) is 0. The normalized spacial score (nSPS) is 35.7. The van der Waals surface area contributed by atoms with Crippen molar-refractivity contribution in [2.75, 3.05) is 13.1 Å². The highest BCUT2D eigenvalue weighted by atomic mass is 16.5. The molecule has 3 heterocycles. The third kappa shape index (κ3) is 2.91. The minimum Gasteiger partial charge on any atom is -0.504 e. The van der Waals surface area contributed by atoms with Crippen LogP contribution in [0.4, 0.5) is 0 Å². The number of amides is 1. The lowest BCUT2D eigenvalue weighted by Gasteiger charge is -2.64. The van der Waals surface area contributed by atoms with Gasteiger partial charge in [0.15, 0.2) is 11.5 Å². The largest absolute Gasteiger partial charge is 0.504 e. The minimum absolute atomic E-state index is 0.0401. The third-order valence-electron chi connectivity index (χ3n) is 9.69. The highest BCUT2D eigenvalue weighted by Gasteiger charge is 2.73. The van der Waals surface area contributed by atoms with Crippen molar-refractivity contribution in [3.63, 3.8) is 0 Å². The van der Waals surface area contributed by atoms with Gasteiger partial charge in [-0.3, -0.25) is 14.7 Å². The number of rotatable bonds is 5. The lowest BCUT2D eigenvalue weighted by molar-refractivity contribution is -0.192. The van der Waals surface area contributed by atoms with Crippen LogP contribution in [-0.2, 0) is 16.6 Å². The number of aromatic hydroxyl groups is 1. The molecule has 3 unspecified atom stereocenters. The summed E-state index contributed by atoms with van der Waals surface area (Å²) >= 11 is 0. The van der Waals surface area contributed by atoms with E-state index in [2.05, 4.69) is 15.2 Å². The van der Waals surface area contributed by atoms with Crippen molar-refractivity contribution in [2.24, 2.45) is 5.92 Å². The standard InChI is InChI=1S/C28H33N3O4/c1-16(18-7-11-29-12-8-18)26(33)30-20-6-9-28(34)22-14-19-4-5-21(32)24-23(19)27(28,25(20)35-24)10-13-31(22)15-17-2-3-17/h4-5,7-8,11-12,16-17,20,22,25,32,34H,2-3,6,9-10,13-15H2,1H3,(H,30,33)/t16?,20?,22-,25?,27+,28-/m1/s1. The lowest BCUT2D eigenvalue weighted by atomic mass is 9.48. The van der Waals surface area contributed by atoms with Crippen LogP contribution in [-0.4, -0.2) is 62.9 Å². The Hall–Kier alpha value is -2.64. The first kappa shape index (κ1) is 21.6.